The summed E-state index contributed by atoms with van der Waals surface area (Å²) in [6.07, 6.45) is 8.38. The summed E-state index contributed by atoms with van der Waals surface area (Å²) in [5.74, 6) is 1.73. The van der Waals surface area contributed by atoms with Gasteiger partial charge in [-0.3, -0.25) is 4.79 Å². The summed E-state index contributed by atoms with van der Waals surface area (Å²) >= 11 is 0. The van der Waals surface area contributed by atoms with Gasteiger partial charge in [0, 0.05) is 19.1 Å². The van der Waals surface area contributed by atoms with Gasteiger partial charge in [0.25, 0.3) is 5.91 Å². The minimum absolute atomic E-state index is 0.0147. The summed E-state index contributed by atoms with van der Waals surface area (Å²) in [5.41, 5.74) is 0.557. The summed E-state index contributed by atoms with van der Waals surface area (Å²) < 4.78 is 0. The van der Waals surface area contributed by atoms with Crippen LogP contribution in [0.15, 0.2) is 18.2 Å². The minimum atomic E-state index is -0.0147. The van der Waals surface area contributed by atoms with Crippen LogP contribution < -0.4 is 10.2 Å². The number of pyridine rings is 1. The van der Waals surface area contributed by atoms with Crippen LogP contribution in [0.5, 0.6) is 0 Å². The van der Waals surface area contributed by atoms with Crippen LogP contribution in [-0.2, 0) is 0 Å². The fourth-order valence-electron chi connectivity index (χ4n) is 3.47. The number of hydrogen-bond donors (Lipinski definition) is 1. The van der Waals surface area contributed by atoms with E-state index in [4.69, 9.17) is 0 Å². The number of aromatic nitrogens is 1. The van der Waals surface area contributed by atoms with Gasteiger partial charge in [0.1, 0.15) is 11.5 Å². The fraction of sp³-hybridized carbons (Fsp3) is 0.667. The molecular weight excluding hydrogens is 274 g/mol. The van der Waals surface area contributed by atoms with Gasteiger partial charge in [-0.15, -0.1) is 0 Å². The van der Waals surface area contributed by atoms with Crippen molar-refractivity contribution in [3.8, 4) is 0 Å². The standard InChI is InChI=1S/C18H27N3O/c1-14-10-12-21(13-11-14)17-9-5-8-16(20-17)18(22)19-15-6-3-2-4-7-15/h5,8-9,14-15H,2-4,6-7,10-13H2,1H3,(H,19,22). The van der Waals surface area contributed by atoms with Crippen molar-refractivity contribution in [2.45, 2.75) is 57.9 Å². The van der Waals surface area contributed by atoms with Gasteiger partial charge in [0.05, 0.1) is 0 Å². The van der Waals surface area contributed by atoms with Crippen molar-refractivity contribution in [1.29, 1.82) is 0 Å². The van der Waals surface area contributed by atoms with Crippen molar-refractivity contribution in [2.75, 3.05) is 18.0 Å². The molecule has 0 unspecified atom stereocenters. The number of hydrogen-bond acceptors (Lipinski definition) is 3. The van der Waals surface area contributed by atoms with Crippen LogP contribution in [0.1, 0.15) is 62.4 Å². The highest BCUT2D eigenvalue weighted by molar-refractivity contribution is 5.92. The molecule has 1 saturated carbocycles. The highest BCUT2D eigenvalue weighted by Crippen LogP contribution is 2.22. The van der Waals surface area contributed by atoms with E-state index < -0.39 is 0 Å². The predicted octanol–water partition coefficient (Wildman–Crippen LogP) is 3.38. The second-order valence-corrected chi connectivity index (χ2v) is 6.86. The molecule has 1 aromatic heterocycles. The maximum absolute atomic E-state index is 12.4. The van der Waals surface area contributed by atoms with E-state index in [9.17, 15) is 4.79 Å². The normalized spacial score (nSPS) is 20.9. The largest absolute Gasteiger partial charge is 0.357 e. The number of amides is 1. The molecule has 0 bridgehead atoms. The lowest BCUT2D eigenvalue weighted by Gasteiger charge is -2.31. The summed E-state index contributed by atoms with van der Waals surface area (Å²) in [6, 6.07) is 6.14. The maximum Gasteiger partial charge on any atom is 0.270 e. The Morgan fingerprint density at radius 2 is 1.86 bits per heavy atom. The Kier molecular flexibility index (Phi) is 4.96. The highest BCUT2D eigenvalue weighted by atomic mass is 16.1. The van der Waals surface area contributed by atoms with Gasteiger partial charge >= 0.3 is 0 Å². The van der Waals surface area contributed by atoms with Crippen molar-refractivity contribution in [1.82, 2.24) is 10.3 Å². The molecule has 1 aromatic rings. The van der Waals surface area contributed by atoms with E-state index in [1.165, 1.54) is 32.1 Å². The molecule has 1 aliphatic carbocycles. The first-order chi connectivity index (χ1) is 10.7. The fourth-order valence-corrected chi connectivity index (χ4v) is 3.47. The molecule has 2 heterocycles. The summed E-state index contributed by atoms with van der Waals surface area (Å²) in [5, 5.41) is 3.15. The SMILES string of the molecule is CC1CCN(c2cccc(C(=O)NC3CCCCC3)n2)CC1. The van der Waals surface area contributed by atoms with E-state index in [0.29, 0.717) is 11.7 Å². The molecule has 2 aliphatic rings. The molecule has 22 heavy (non-hydrogen) atoms. The number of piperidine rings is 1. The van der Waals surface area contributed by atoms with Crippen molar-refractivity contribution in [2.24, 2.45) is 5.92 Å². The second-order valence-electron chi connectivity index (χ2n) is 6.86. The van der Waals surface area contributed by atoms with E-state index in [0.717, 1.165) is 37.7 Å². The van der Waals surface area contributed by atoms with Crippen molar-refractivity contribution >= 4 is 11.7 Å². The first-order valence-electron chi connectivity index (χ1n) is 8.75. The summed E-state index contributed by atoms with van der Waals surface area (Å²) in [7, 11) is 0. The number of carbonyl (C=O) groups is 1. The Balaban J connectivity index is 1.63. The molecule has 0 aromatic carbocycles. The molecule has 3 rings (SSSR count). The third-order valence-electron chi connectivity index (χ3n) is 5.02. The lowest BCUT2D eigenvalue weighted by Crippen LogP contribution is -2.37. The monoisotopic (exact) mass is 301 g/mol. The van der Waals surface area contributed by atoms with Crippen LogP contribution in [0.3, 0.4) is 0 Å². The number of nitrogens with one attached hydrogen (secondary N) is 1. The molecule has 4 heteroatoms. The van der Waals surface area contributed by atoms with Gasteiger partial charge in [-0.1, -0.05) is 32.3 Å². The number of carbonyl (C=O) groups excluding carboxylic acids is 1. The van der Waals surface area contributed by atoms with Crippen LogP contribution >= 0.6 is 0 Å². The summed E-state index contributed by atoms with van der Waals surface area (Å²) in [4.78, 5) is 19.3. The molecule has 1 N–H and O–H groups in total. The Hall–Kier alpha value is -1.58. The molecule has 0 spiro atoms. The first-order valence-corrected chi connectivity index (χ1v) is 8.75. The van der Waals surface area contributed by atoms with Crippen LogP contribution in [0, 0.1) is 5.92 Å². The van der Waals surface area contributed by atoms with Gasteiger partial charge in [0.15, 0.2) is 0 Å². The predicted molar refractivity (Wildman–Crippen MR) is 89.2 cm³/mol. The molecule has 4 nitrogen and oxygen atoms in total. The van der Waals surface area contributed by atoms with Crippen LogP contribution in [0.25, 0.3) is 0 Å². The van der Waals surface area contributed by atoms with Crippen LogP contribution in [-0.4, -0.2) is 30.0 Å². The number of rotatable bonds is 3. The Morgan fingerprint density at radius 1 is 1.14 bits per heavy atom. The third kappa shape index (κ3) is 3.79. The molecule has 1 aliphatic heterocycles. The maximum atomic E-state index is 12.4. The van der Waals surface area contributed by atoms with Gasteiger partial charge in [-0.05, 0) is 43.7 Å². The lowest BCUT2D eigenvalue weighted by atomic mass is 9.95. The van der Waals surface area contributed by atoms with Crippen LogP contribution in [0.4, 0.5) is 5.82 Å². The van der Waals surface area contributed by atoms with Gasteiger partial charge in [-0.25, -0.2) is 4.98 Å². The molecule has 1 amide bonds. The van der Waals surface area contributed by atoms with Crippen LogP contribution in [0.2, 0.25) is 0 Å². The molecule has 0 radical (unpaired) electrons. The van der Waals surface area contributed by atoms with Gasteiger partial charge in [-0.2, -0.15) is 0 Å². The van der Waals surface area contributed by atoms with Gasteiger partial charge < -0.3 is 10.2 Å². The molecule has 120 valence electrons. The molecule has 0 atom stereocenters. The van der Waals surface area contributed by atoms with E-state index in [1.807, 2.05) is 18.2 Å². The van der Waals surface area contributed by atoms with E-state index in [-0.39, 0.29) is 5.91 Å². The number of nitrogens with zero attached hydrogens (tertiary/aromatic N) is 2. The Morgan fingerprint density at radius 3 is 2.59 bits per heavy atom. The zero-order valence-electron chi connectivity index (χ0n) is 13.6. The topological polar surface area (TPSA) is 45.2 Å². The quantitative estimate of drug-likeness (QED) is 0.931. The minimum Gasteiger partial charge on any atom is -0.357 e. The Bertz CT molecular complexity index is 503. The lowest BCUT2D eigenvalue weighted by molar-refractivity contribution is 0.0922. The number of anilines is 1. The third-order valence-corrected chi connectivity index (χ3v) is 5.02. The molecule has 1 saturated heterocycles. The van der Waals surface area contributed by atoms with E-state index in [1.54, 1.807) is 0 Å². The highest BCUT2D eigenvalue weighted by Gasteiger charge is 2.20. The van der Waals surface area contributed by atoms with E-state index >= 15 is 0 Å². The Labute approximate surface area is 133 Å². The average Bonchev–Trinajstić information content (AvgIpc) is 2.56. The van der Waals surface area contributed by atoms with Crippen molar-refractivity contribution in [3.05, 3.63) is 23.9 Å². The van der Waals surface area contributed by atoms with Crippen molar-refractivity contribution < 1.29 is 4.79 Å². The smallest absolute Gasteiger partial charge is 0.270 e. The average molecular weight is 301 g/mol. The molecular formula is C18H27N3O. The zero-order valence-corrected chi connectivity index (χ0v) is 13.6. The first kappa shape index (κ1) is 15.3. The van der Waals surface area contributed by atoms with Crippen molar-refractivity contribution in [3.63, 3.8) is 0 Å². The van der Waals surface area contributed by atoms with E-state index in [2.05, 4.69) is 22.1 Å². The zero-order chi connectivity index (χ0) is 15.4. The van der Waals surface area contributed by atoms with Gasteiger partial charge in [0.2, 0.25) is 0 Å². The molecule has 2 fully saturated rings. The second kappa shape index (κ2) is 7.12. The summed E-state index contributed by atoms with van der Waals surface area (Å²) in [6.45, 7) is 4.39.